The Morgan fingerprint density at radius 3 is 2.62 bits per heavy atom. The molecule has 174 valence electrons. The topological polar surface area (TPSA) is 71.0 Å². The normalized spacial score (nSPS) is 15.2. The van der Waals surface area contributed by atoms with Crippen LogP contribution < -0.4 is 15.0 Å². The maximum Gasteiger partial charge on any atom is 0.303 e. The number of anilines is 3. The van der Waals surface area contributed by atoms with Crippen LogP contribution in [-0.2, 0) is 9.53 Å². The van der Waals surface area contributed by atoms with Crippen molar-refractivity contribution in [2.75, 3.05) is 37.1 Å². The molecule has 2 aromatic rings. The predicted molar refractivity (Wildman–Crippen MR) is 130 cm³/mol. The van der Waals surface area contributed by atoms with Crippen LogP contribution in [0.15, 0.2) is 36.4 Å². The van der Waals surface area contributed by atoms with Crippen LogP contribution in [0.1, 0.15) is 51.0 Å². The summed E-state index contributed by atoms with van der Waals surface area (Å²) in [5.74, 6) is -0.223. The standard InChI is InChI=1S/C25H33ClN2O4/c1-4-17(15-25(29)30)18-6-9-23(28(5-2)20-10-12-32-13-11-20)22(14-18)27-19-7-8-21(26)24(16-19)31-3/h6-9,14,16-17,20,27H,4-5,10-13,15H2,1-3H3,(H,29,30). The average Bonchev–Trinajstić information content (AvgIpc) is 2.80. The van der Waals surface area contributed by atoms with Crippen LogP contribution in [0.4, 0.5) is 17.1 Å². The van der Waals surface area contributed by atoms with Gasteiger partial charge in [0, 0.05) is 37.6 Å². The van der Waals surface area contributed by atoms with E-state index >= 15 is 0 Å². The average molecular weight is 461 g/mol. The lowest BCUT2D eigenvalue weighted by atomic mass is 9.92. The highest BCUT2D eigenvalue weighted by Gasteiger charge is 2.24. The van der Waals surface area contributed by atoms with E-state index in [2.05, 4.69) is 35.3 Å². The summed E-state index contributed by atoms with van der Waals surface area (Å²) in [7, 11) is 1.60. The molecule has 0 saturated carbocycles. The second-order valence-corrected chi connectivity index (χ2v) is 8.49. The van der Waals surface area contributed by atoms with Gasteiger partial charge in [0.05, 0.1) is 29.9 Å². The van der Waals surface area contributed by atoms with Gasteiger partial charge in [-0.05, 0) is 61.9 Å². The van der Waals surface area contributed by atoms with Crippen LogP contribution in [0, 0.1) is 0 Å². The van der Waals surface area contributed by atoms with Crippen LogP contribution in [-0.4, -0.2) is 44.0 Å². The molecule has 0 radical (unpaired) electrons. The number of aliphatic carboxylic acids is 1. The summed E-state index contributed by atoms with van der Waals surface area (Å²) < 4.78 is 10.9. The van der Waals surface area contributed by atoms with Gasteiger partial charge in [-0.15, -0.1) is 0 Å². The van der Waals surface area contributed by atoms with Crippen LogP contribution in [0.5, 0.6) is 5.75 Å². The van der Waals surface area contributed by atoms with Crippen molar-refractivity contribution in [2.24, 2.45) is 0 Å². The summed E-state index contributed by atoms with van der Waals surface area (Å²) >= 11 is 6.21. The highest BCUT2D eigenvalue weighted by atomic mass is 35.5. The van der Waals surface area contributed by atoms with E-state index < -0.39 is 5.97 Å². The Kier molecular flexibility index (Phi) is 8.65. The van der Waals surface area contributed by atoms with Crippen LogP contribution in [0.3, 0.4) is 0 Å². The molecule has 6 nitrogen and oxygen atoms in total. The van der Waals surface area contributed by atoms with Gasteiger partial charge in [0.15, 0.2) is 0 Å². The summed E-state index contributed by atoms with van der Waals surface area (Å²) in [4.78, 5) is 13.8. The highest BCUT2D eigenvalue weighted by molar-refractivity contribution is 6.32. The maximum atomic E-state index is 11.4. The Bertz CT molecular complexity index is 915. The molecule has 32 heavy (non-hydrogen) atoms. The SMILES string of the molecule is CCC(CC(=O)O)c1ccc(N(CC)C2CCOCC2)c(Nc2ccc(Cl)c(OC)c2)c1. The van der Waals surface area contributed by atoms with Gasteiger partial charge in [-0.2, -0.15) is 0 Å². The Morgan fingerprint density at radius 2 is 2.00 bits per heavy atom. The van der Waals surface area contributed by atoms with Gasteiger partial charge >= 0.3 is 5.97 Å². The van der Waals surface area contributed by atoms with Crippen molar-refractivity contribution in [3.63, 3.8) is 0 Å². The number of nitrogens with one attached hydrogen (secondary N) is 1. The van der Waals surface area contributed by atoms with Gasteiger partial charge in [0.2, 0.25) is 0 Å². The highest BCUT2D eigenvalue weighted by Crippen LogP contribution is 2.37. The zero-order valence-electron chi connectivity index (χ0n) is 19.1. The van der Waals surface area contributed by atoms with Crippen LogP contribution >= 0.6 is 11.6 Å². The molecule has 7 heteroatoms. The number of nitrogens with zero attached hydrogens (tertiary/aromatic N) is 1. The fourth-order valence-corrected chi connectivity index (χ4v) is 4.58. The first kappa shape index (κ1) is 24.2. The number of benzene rings is 2. The largest absolute Gasteiger partial charge is 0.495 e. The molecule has 0 aliphatic carbocycles. The lowest BCUT2D eigenvalue weighted by molar-refractivity contribution is -0.137. The van der Waals surface area contributed by atoms with Gasteiger partial charge < -0.3 is 24.8 Å². The monoisotopic (exact) mass is 460 g/mol. The minimum Gasteiger partial charge on any atom is -0.495 e. The molecule has 1 heterocycles. The minimum absolute atomic E-state index is 0.0417. The molecule has 2 N–H and O–H groups in total. The lowest BCUT2D eigenvalue weighted by Gasteiger charge is -2.37. The van der Waals surface area contributed by atoms with Crippen molar-refractivity contribution in [3.05, 3.63) is 47.0 Å². The van der Waals surface area contributed by atoms with Gasteiger partial charge in [-0.1, -0.05) is 24.6 Å². The van der Waals surface area contributed by atoms with E-state index in [4.69, 9.17) is 21.1 Å². The zero-order chi connectivity index (χ0) is 23.1. The summed E-state index contributed by atoms with van der Waals surface area (Å²) in [6.45, 7) is 6.60. The molecule has 0 amide bonds. The van der Waals surface area contributed by atoms with E-state index in [1.54, 1.807) is 7.11 Å². The number of carboxylic acid groups (broad SMARTS) is 1. The number of rotatable bonds is 10. The molecule has 2 aromatic carbocycles. The van der Waals surface area contributed by atoms with Gasteiger partial charge in [0.25, 0.3) is 0 Å². The third kappa shape index (κ3) is 5.87. The van der Waals surface area contributed by atoms with E-state index in [0.29, 0.717) is 16.8 Å². The van der Waals surface area contributed by atoms with Crippen molar-refractivity contribution < 1.29 is 19.4 Å². The van der Waals surface area contributed by atoms with Gasteiger partial charge in [0.1, 0.15) is 5.75 Å². The first-order valence-electron chi connectivity index (χ1n) is 11.3. The number of hydrogen-bond donors (Lipinski definition) is 2. The minimum atomic E-state index is -0.782. The molecule has 1 aliphatic heterocycles. The molecular weight excluding hydrogens is 428 g/mol. The van der Waals surface area contributed by atoms with Gasteiger partial charge in [-0.3, -0.25) is 4.79 Å². The Balaban J connectivity index is 2.02. The van der Waals surface area contributed by atoms with E-state index in [9.17, 15) is 9.90 Å². The molecule has 1 atom stereocenters. The summed E-state index contributed by atoms with van der Waals surface area (Å²) in [6, 6.07) is 12.3. The summed E-state index contributed by atoms with van der Waals surface area (Å²) in [5, 5.41) is 13.4. The van der Waals surface area contributed by atoms with E-state index in [1.165, 1.54) is 0 Å². The van der Waals surface area contributed by atoms with Crippen molar-refractivity contribution in [2.45, 2.75) is 51.5 Å². The molecule has 1 fully saturated rings. The Morgan fingerprint density at radius 1 is 1.25 bits per heavy atom. The van der Waals surface area contributed by atoms with Gasteiger partial charge in [-0.25, -0.2) is 0 Å². The van der Waals surface area contributed by atoms with Crippen LogP contribution in [0.2, 0.25) is 5.02 Å². The molecule has 0 bridgehead atoms. The Hall–Kier alpha value is -2.44. The fourth-order valence-electron chi connectivity index (χ4n) is 4.38. The summed E-state index contributed by atoms with van der Waals surface area (Å²) in [6.07, 6.45) is 2.85. The number of carbonyl (C=O) groups is 1. The second-order valence-electron chi connectivity index (χ2n) is 8.08. The number of methoxy groups -OCH3 is 1. The van der Waals surface area contributed by atoms with Crippen LogP contribution in [0.25, 0.3) is 0 Å². The fraction of sp³-hybridized carbons (Fsp3) is 0.480. The zero-order valence-corrected chi connectivity index (χ0v) is 19.8. The molecule has 0 spiro atoms. The Labute approximate surface area is 195 Å². The number of halogens is 1. The number of hydrogen-bond acceptors (Lipinski definition) is 5. The number of carboxylic acids is 1. The molecule has 3 rings (SSSR count). The van der Waals surface area contributed by atoms with Crippen molar-refractivity contribution in [1.29, 1.82) is 0 Å². The smallest absolute Gasteiger partial charge is 0.303 e. The second kappa shape index (κ2) is 11.4. The molecule has 1 saturated heterocycles. The maximum absolute atomic E-state index is 11.4. The molecule has 1 unspecified atom stereocenters. The van der Waals surface area contributed by atoms with E-state index in [0.717, 1.165) is 61.6 Å². The quantitative estimate of drug-likeness (QED) is 0.448. The third-order valence-electron chi connectivity index (χ3n) is 6.12. The summed E-state index contributed by atoms with van der Waals surface area (Å²) in [5.41, 5.74) is 3.93. The first-order valence-corrected chi connectivity index (χ1v) is 11.6. The van der Waals surface area contributed by atoms with E-state index in [-0.39, 0.29) is 12.3 Å². The van der Waals surface area contributed by atoms with Crippen molar-refractivity contribution in [3.8, 4) is 5.75 Å². The molecule has 1 aliphatic rings. The third-order valence-corrected chi connectivity index (χ3v) is 6.43. The lowest BCUT2D eigenvalue weighted by Crippen LogP contribution is -2.39. The van der Waals surface area contributed by atoms with Crippen molar-refractivity contribution >= 4 is 34.6 Å². The molecular formula is C25H33ClN2O4. The molecule has 0 aromatic heterocycles. The number of ether oxygens (including phenoxy) is 2. The van der Waals surface area contributed by atoms with E-state index in [1.807, 2.05) is 25.1 Å². The first-order chi connectivity index (χ1) is 15.5. The predicted octanol–water partition coefficient (Wildman–Crippen LogP) is 6.07. The van der Waals surface area contributed by atoms with Crippen molar-refractivity contribution in [1.82, 2.24) is 0 Å².